The van der Waals surface area contributed by atoms with Gasteiger partial charge in [-0.2, -0.15) is 0 Å². The molecule has 0 spiro atoms. The van der Waals surface area contributed by atoms with Crippen molar-refractivity contribution >= 4 is 45.5 Å². The van der Waals surface area contributed by atoms with Crippen LogP contribution in [-0.4, -0.2) is 0 Å². The molecule has 7 aromatic rings. The molecule has 0 amide bonds. The molecule has 222 valence electrons. The van der Waals surface area contributed by atoms with Crippen LogP contribution in [0.4, 0.5) is 45.5 Å². The lowest BCUT2D eigenvalue weighted by molar-refractivity contribution is 1.28. The first-order valence-electron chi connectivity index (χ1n) is 15.3. The van der Waals surface area contributed by atoms with E-state index in [2.05, 4.69) is 143 Å². The Morgan fingerprint density at radius 1 is 0.261 bits per heavy atom. The minimum atomic E-state index is 0.736. The summed E-state index contributed by atoms with van der Waals surface area (Å²) < 4.78 is 0. The highest BCUT2D eigenvalue weighted by Gasteiger charge is 2.14. The predicted molar refractivity (Wildman–Crippen MR) is 196 cm³/mol. The Bertz CT molecular complexity index is 1890. The van der Waals surface area contributed by atoms with Crippen molar-refractivity contribution in [1.29, 1.82) is 0 Å². The highest BCUT2D eigenvalue weighted by Crippen LogP contribution is 2.38. The molecular formula is C42H34N4. The van der Waals surface area contributed by atoms with Gasteiger partial charge >= 0.3 is 0 Å². The number of nitrogens with two attached hydrogens (primary N) is 2. The summed E-state index contributed by atoms with van der Waals surface area (Å²) in [5.41, 5.74) is 24.8. The molecule has 4 N–H and O–H groups in total. The van der Waals surface area contributed by atoms with Crippen LogP contribution in [0.25, 0.3) is 22.3 Å². The summed E-state index contributed by atoms with van der Waals surface area (Å²) in [6.45, 7) is 0. The molecule has 4 nitrogen and oxygen atoms in total. The van der Waals surface area contributed by atoms with Crippen LogP contribution in [0.5, 0.6) is 0 Å². The molecule has 0 aliphatic heterocycles. The van der Waals surface area contributed by atoms with Crippen molar-refractivity contribution in [2.75, 3.05) is 21.3 Å². The number of rotatable bonds is 8. The van der Waals surface area contributed by atoms with Gasteiger partial charge in [-0.05, 0) is 107 Å². The summed E-state index contributed by atoms with van der Waals surface area (Å²) in [6, 6.07) is 62.8. The van der Waals surface area contributed by atoms with Crippen LogP contribution in [0, 0.1) is 0 Å². The van der Waals surface area contributed by atoms with Crippen molar-refractivity contribution in [2.45, 2.75) is 0 Å². The SMILES string of the molecule is Nc1cccc(N(c2ccccc2)c2ccc(-c3ccc(-c4ccc(N(c5ccccc5)c5cccc(N)c5)cc4)cc3)cc2)c1. The standard InChI is InChI=1S/C42H34N4/c43-35-9-7-15-41(29-35)45(37-11-3-1-4-12-37)39-25-21-33(22-26-39)31-17-19-32(20-18-31)34-23-27-40(28-24-34)46(38-13-5-2-6-14-38)42-16-8-10-36(44)30-42/h1-30H,43-44H2. The van der Waals surface area contributed by atoms with Gasteiger partial charge in [-0.1, -0.05) is 97.1 Å². The molecule has 7 aromatic carbocycles. The molecule has 0 unspecified atom stereocenters. The lowest BCUT2D eigenvalue weighted by Crippen LogP contribution is -2.10. The Kier molecular flexibility index (Phi) is 7.91. The van der Waals surface area contributed by atoms with Crippen LogP contribution in [-0.2, 0) is 0 Å². The first kappa shape index (κ1) is 28.5. The lowest BCUT2D eigenvalue weighted by atomic mass is 9.99. The minimum absolute atomic E-state index is 0.736. The summed E-state index contributed by atoms with van der Waals surface area (Å²) in [4.78, 5) is 4.44. The van der Waals surface area contributed by atoms with E-state index in [9.17, 15) is 0 Å². The molecule has 46 heavy (non-hydrogen) atoms. The van der Waals surface area contributed by atoms with Crippen molar-refractivity contribution < 1.29 is 0 Å². The van der Waals surface area contributed by atoms with E-state index in [1.807, 2.05) is 48.5 Å². The quantitative estimate of drug-likeness (QED) is 0.172. The topological polar surface area (TPSA) is 58.5 Å². The number of hydrogen-bond acceptors (Lipinski definition) is 4. The molecule has 0 aliphatic carbocycles. The number of hydrogen-bond donors (Lipinski definition) is 2. The molecule has 7 rings (SSSR count). The van der Waals surface area contributed by atoms with Gasteiger partial charge in [-0.25, -0.2) is 0 Å². The molecule has 0 bridgehead atoms. The first-order valence-corrected chi connectivity index (χ1v) is 15.3. The molecule has 0 heterocycles. The molecular weight excluding hydrogens is 560 g/mol. The maximum absolute atomic E-state index is 6.15. The maximum Gasteiger partial charge on any atom is 0.0482 e. The summed E-state index contributed by atoms with van der Waals surface area (Å²) >= 11 is 0. The van der Waals surface area contributed by atoms with Gasteiger partial charge in [-0.15, -0.1) is 0 Å². The van der Waals surface area contributed by atoms with Crippen molar-refractivity contribution in [3.05, 3.63) is 182 Å². The van der Waals surface area contributed by atoms with Crippen molar-refractivity contribution in [2.24, 2.45) is 0 Å². The fourth-order valence-corrected chi connectivity index (χ4v) is 5.84. The Morgan fingerprint density at radius 2 is 0.543 bits per heavy atom. The smallest absolute Gasteiger partial charge is 0.0482 e. The lowest BCUT2D eigenvalue weighted by Gasteiger charge is -2.26. The van der Waals surface area contributed by atoms with Crippen molar-refractivity contribution in [1.82, 2.24) is 0 Å². The highest BCUT2D eigenvalue weighted by atomic mass is 15.1. The summed E-state index contributed by atoms with van der Waals surface area (Å²) in [6.07, 6.45) is 0. The zero-order valence-corrected chi connectivity index (χ0v) is 25.4. The summed E-state index contributed by atoms with van der Waals surface area (Å²) in [5, 5.41) is 0. The van der Waals surface area contributed by atoms with E-state index < -0.39 is 0 Å². The van der Waals surface area contributed by atoms with Gasteiger partial charge in [0.05, 0.1) is 0 Å². The molecule has 4 heteroatoms. The van der Waals surface area contributed by atoms with Crippen LogP contribution in [0.2, 0.25) is 0 Å². The average Bonchev–Trinajstić information content (AvgIpc) is 3.10. The van der Waals surface area contributed by atoms with Gasteiger partial charge in [0.2, 0.25) is 0 Å². The number of benzene rings is 7. The number of nitrogen functional groups attached to an aromatic ring is 2. The van der Waals surface area contributed by atoms with Crippen LogP contribution in [0.3, 0.4) is 0 Å². The average molecular weight is 595 g/mol. The number of nitrogens with zero attached hydrogens (tertiary/aromatic N) is 2. The fraction of sp³-hybridized carbons (Fsp3) is 0. The Hall–Kier alpha value is -6.26. The predicted octanol–water partition coefficient (Wildman–Crippen LogP) is 11.1. The third-order valence-corrected chi connectivity index (χ3v) is 8.09. The largest absolute Gasteiger partial charge is 0.399 e. The number of anilines is 8. The van der Waals surface area contributed by atoms with Crippen molar-refractivity contribution in [3.8, 4) is 22.3 Å². The van der Waals surface area contributed by atoms with E-state index in [0.717, 1.165) is 56.6 Å². The van der Waals surface area contributed by atoms with Gasteiger partial charge < -0.3 is 21.3 Å². The van der Waals surface area contributed by atoms with E-state index in [4.69, 9.17) is 11.5 Å². The zero-order valence-electron chi connectivity index (χ0n) is 25.4. The van der Waals surface area contributed by atoms with Gasteiger partial charge in [0.15, 0.2) is 0 Å². The van der Waals surface area contributed by atoms with E-state index in [1.54, 1.807) is 0 Å². The third-order valence-electron chi connectivity index (χ3n) is 8.09. The van der Waals surface area contributed by atoms with Gasteiger partial charge in [-0.3, -0.25) is 0 Å². The first-order chi connectivity index (χ1) is 22.6. The molecule has 0 aliphatic rings. The van der Waals surface area contributed by atoms with Crippen molar-refractivity contribution in [3.63, 3.8) is 0 Å². The zero-order chi connectivity index (χ0) is 31.3. The molecule has 0 fully saturated rings. The summed E-state index contributed by atoms with van der Waals surface area (Å²) in [7, 11) is 0. The van der Waals surface area contributed by atoms with E-state index in [-0.39, 0.29) is 0 Å². The van der Waals surface area contributed by atoms with Crippen LogP contribution >= 0.6 is 0 Å². The minimum Gasteiger partial charge on any atom is -0.399 e. The molecule has 0 radical (unpaired) electrons. The molecule has 0 aromatic heterocycles. The second-order valence-corrected chi connectivity index (χ2v) is 11.2. The van der Waals surface area contributed by atoms with E-state index >= 15 is 0 Å². The second kappa shape index (κ2) is 12.8. The third kappa shape index (κ3) is 6.05. The normalized spacial score (nSPS) is 10.8. The van der Waals surface area contributed by atoms with E-state index in [0.29, 0.717) is 0 Å². The molecule has 0 saturated heterocycles. The monoisotopic (exact) mass is 594 g/mol. The molecule has 0 saturated carbocycles. The Balaban J connectivity index is 1.13. The summed E-state index contributed by atoms with van der Waals surface area (Å²) in [5.74, 6) is 0. The maximum atomic E-state index is 6.15. The van der Waals surface area contributed by atoms with Gasteiger partial charge in [0.1, 0.15) is 0 Å². The van der Waals surface area contributed by atoms with E-state index in [1.165, 1.54) is 11.1 Å². The number of para-hydroxylation sites is 2. The van der Waals surface area contributed by atoms with Crippen LogP contribution < -0.4 is 21.3 Å². The highest BCUT2D eigenvalue weighted by molar-refractivity contribution is 5.81. The fourth-order valence-electron chi connectivity index (χ4n) is 5.84. The Labute approximate surface area is 270 Å². The van der Waals surface area contributed by atoms with Crippen LogP contribution in [0.1, 0.15) is 0 Å². The molecule has 0 atom stereocenters. The van der Waals surface area contributed by atoms with Gasteiger partial charge in [0, 0.05) is 45.5 Å². The van der Waals surface area contributed by atoms with Crippen LogP contribution in [0.15, 0.2) is 182 Å². The van der Waals surface area contributed by atoms with Gasteiger partial charge in [0.25, 0.3) is 0 Å². The Morgan fingerprint density at radius 3 is 0.870 bits per heavy atom. The second-order valence-electron chi connectivity index (χ2n) is 11.2.